The molecule has 2 heterocycles. The predicted octanol–water partition coefficient (Wildman–Crippen LogP) is 3.61. The molecule has 0 aromatic heterocycles. The number of hydrogen-bond donors (Lipinski definition) is 1. The minimum Gasteiger partial charge on any atom is -0.493 e. The van der Waals surface area contributed by atoms with Crippen LogP contribution in [0.4, 0.5) is 0 Å². The van der Waals surface area contributed by atoms with E-state index in [2.05, 4.69) is 30.9 Å². The van der Waals surface area contributed by atoms with Crippen LogP contribution in [-0.4, -0.2) is 36.2 Å². The van der Waals surface area contributed by atoms with E-state index in [0.29, 0.717) is 5.92 Å². The monoisotopic (exact) mass is 303 g/mol. The highest BCUT2D eigenvalue weighted by atomic mass is 16.5. The van der Waals surface area contributed by atoms with Crippen LogP contribution in [0.3, 0.4) is 0 Å². The van der Waals surface area contributed by atoms with Crippen LogP contribution in [0.15, 0.2) is 12.1 Å². The number of benzene rings is 1. The number of nitrogens with zero attached hydrogens (tertiary/aromatic N) is 1. The van der Waals surface area contributed by atoms with E-state index in [4.69, 9.17) is 4.74 Å². The first-order valence-electron chi connectivity index (χ1n) is 8.79. The maximum atomic E-state index is 10.9. The van der Waals surface area contributed by atoms with Crippen LogP contribution in [0, 0.1) is 19.8 Å². The van der Waals surface area contributed by atoms with Crippen LogP contribution < -0.4 is 4.74 Å². The summed E-state index contributed by atoms with van der Waals surface area (Å²) in [4.78, 5) is 2.56. The van der Waals surface area contributed by atoms with Gasteiger partial charge < -0.3 is 14.7 Å². The molecule has 3 heteroatoms. The molecule has 2 aliphatic rings. The Morgan fingerprint density at radius 3 is 2.73 bits per heavy atom. The summed E-state index contributed by atoms with van der Waals surface area (Å²) in [6, 6.07) is 4.24. The van der Waals surface area contributed by atoms with Gasteiger partial charge in [0.15, 0.2) is 0 Å². The van der Waals surface area contributed by atoms with Crippen molar-refractivity contribution >= 4 is 0 Å². The summed E-state index contributed by atoms with van der Waals surface area (Å²) in [6.07, 6.45) is 5.66. The van der Waals surface area contributed by atoms with Gasteiger partial charge in [-0.2, -0.15) is 0 Å². The molecule has 1 aromatic rings. The van der Waals surface area contributed by atoms with Gasteiger partial charge in [0.25, 0.3) is 0 Å². The van der Waals surface area contributed by atoms with Crippen molar-refractivity contribution < 1.29 is 9.84 Å². The van der Waals surface area contributed by atoms with Gasteiger partial charge in [-0.25, -0.2) is 0 Å². The number of aliphatic hydroxyl groups excluding tert-OH is 1. The zero-order valence-corrected chi connectivity index (χ0v) is 14.0. The Labute approximate surface area is 134 Å². The highest BCUT2D eigenvalue weighted by molar-refractivity contribution is 5.45. The third-order valence-corrected chi connectivity index (χ3v) is 5.21. The van der Waals surface area contributed by atoms with Crippen molar-refractivity contribution in [2.45, 2.75) is 52.1 Å². The first kappa shape index (κ1) is 15.8. The van der Waals surface area contributed by atoms with Crippen molar-refractivity contribution in [1.82, 2.24) is 4.90 Å². The smallest absolute Gasteiger partial charge is 0.128 e. The maximum Gasteiger partial charge on any atom is 0.128 e. The van der Waals surface area contributed by atoms with Gasteiger partial charge in [0, 0.05) is 5.56 Å². The quantitative estimate of drug-likeness (QED) is 0.926. The molecule has 0 amide bonds. The Hall–Kier alpha value is -1.06. The molecule has 2 unspecified atom stereocenters. The van der Waals surface area contributed by atoms with E-state index in [1.54, 1.807) is 0 Å². The van der Waals surface area contributed by atoms with Gasteiger partial charge in [-0.05, 0) is 76.7 Å². The molecule has 1 N–H and O–H groups in total. The standard InChI is InChI=1S/C19H29NO2/c1-14-12-15(2)19-17(13-14)18(21)16(7-11-22-19)6-10-20-8-4-3-5-9-20/h12-13,16,18,21H,3-11H2,1-2H3. The maximum absolute atomic E-state index is 10.9. The lowest BCUT2D eigenvalue weighted by Gasteiger charge is -2.29. The molecule has 122 valence electrons. The number of ether oxygens (including phenoxy) is 1. The number of rotatable bonds is 3. The van der Waals surface area contributed by atoms with E-state index in [0.717, 1.165) is 42.9 Å². The van der Waals surface area contributed by atoms with Gasteiger partial charge in [-0.1, -0.05) is 18.1 Å². The van der Waals surface area contributed by atoms with Gasteiger partial charge in [-0.15, -0.1) is 0 Å². The molecule has 1 aromatic carbocycles. The molecule has 2 aliphatic heterocycles. The average molecular weight is 303 g/mol. The molecule has 0 aliphatic carbocycles. The lowest BCUT2D eigenvalue weighted by Crippen LogP contribution is -2.32. The van der Waals surface area contributed by atoms with Crippen molar-refractivity contribution in [3.05, 3.63) is 28.8 Å². The summed E-state index contributed by atoms with van der Waals surface area (Å²) in [5.41, 5.74) is 3.35. The molecule has 0 saturated carbocycles. The number of hydrogen-bond acceptors (Lipinski definition) is 3. The molecular weight excluding hydrogens is 274 g/mol. The SMILES string of the molecule is Cc1cc(C)c2c(c1)C(O)C(CCN1CCCCC1)CCO2. The fraction of sp³-hybridized carbons (Fsp3) is 0.684. The highest BCUT2D eigenvalue weighted by Gasteiger charge is 2.28. The van der Waals surface area contributed by atoms with Crippen molar-refractivity contribution in [3.63, 3.8) is 0 Å². The fourth-order valence-corrected chi connectivity index (χ4v) is 3.96. The van der Waals surface area contributed by atoms with Crippen LogP contribution in [0.25, 0.3) is 0 Å². The molecule has 3 nitrogen and oxygen atoms in total. The zero-order valence-electron chi connectivity index (χ0n) is 14.0. The van der Waals surface area contributed by atoms with Gasteiger partial charge in [0.2, 0.25) is 0 Å². The molecule has 22 heavy (non-hydrogen) atoms. The number of piperidine rings is 1. The van der Waals surface area contributed by atoms with Crippen molar-refractivity contribution in [3.8, 4) is 5.75 Å². The third kappa shape index (κ3) is 3.47. The minimum atomic E-state index is -0.388. The number of aliphatic hydroxyl groups is 1. The Kier molecular flexibility index (Phi) is 5.04. The van der Waals surface area contributed by atoms with Crippen molar-refractivity contribution in [2.24, 2.45) is 5.92 Å². The summed E-state index contributed by atoms with van der Waals surface area (Å²) >= 11 is 0. The van der Waals surface area contributed by atoms with E-state index >= 15 is 0 Å². The topological polar surface area (TPSA) is 32.7 Å². The zero-order chi connectivity index (χ0) is 15.5. The first-order valence-corrected chi connectivity index (χ1v) is 8.79. The molecule has 0 radical (unpaired) electrons. The van der Waals surface area contributed by atoms with Crippen LogP contribution in [0.1, 0.15) is 54.9 Å². The van der Waals surface area contributed by atoms with Gasteiger partial charge in [0.05, 0.1) is 12.7 Å². The third-order valence-electron chi connectivity index (χ3n) is 5.21. The van der Waals surface area contributed by atoms with Crippen molar-refractivity contribution in [2.75, 3.05) is 26.2 Å². The minimum absolute atomic E-state index is 0.310. The summed E-state index contributed by atoms with van der Waals surface area (Å²) in [5, 5.41) is 10.9. The van der Waals surface area contributed by atoms with Crippen LogP contribution in [-0.2, 0) is 0 Å². The largest absolute Gasteiger partial charge is 0.493 e. The van der Waals surface area contributed by atoms with E-state index < -0.39 is 0 Å². The highest BCUT2D eigenvalue weighted by Crippen LogP contribution is 2.39. The molecule has 1 saturated heterocycles. The van der Waals surface area contributed by atoms with Crippen LogP contribution in [0.2, 0.25) is 0 Å². The van der Waals surface area contributed by atoms with Gasteiger partial charge in [0.1, 0.15) is 5.75 Å². The van der Waals surface area contributed by atoms with Gasteiger partial charge >= 0.3 is 0 Å². The molecule has 1 fully saturated rings. The summed E-state index contributed by atoms with van der Waals surface area (Å²) in [6.45, 7) is 8.46. The molecular formula is C19H29NO2. The van der Waals surface area contributed by atoms with Crippen molar-refractivity contribution in [1.29, 1.82) is 0 Å². The normalized spacial score (nSPS) is 26.1. The summed E-state index contributed by atoms with van der Waals surface area (Å²) < 4.78 is 5.95. The number of fused-ring (bicyclic) bond motifs is 1. The predicted molar refractivity (Wildman–Crippen MR) is 89.4 cm³/mol. The first-order chi connectivity index (χ1) is 10.6. The van der Waals surface area contributed by atoms with E-state index in [9.17, 15) is 5.11 Å². The number of aryl methyl sites for hydroxylation is 2. The fourth-order valence-electron chi connectivity index (χ4n) is 3.96. The second kappa shape index (κ2) is 7.01. The summed E-state index contributed by atoms with van der Waals surface area (Å²) in [7, 11) is 0. The molecule has 2 atom stereocenters. The average Bonchev–Trinajstić information content (AvgIpc) is 2.67. The van der Waals surface area contributed by atoms with Crippen LogP contribution in [0.5, 0.6) is 5.75 Å². The second-order valence-electron chi connectivity index (χ2n) is 7.03. The number of likely N-dealkylation sites (tertiary alicyclic amines) is 1. The summed E-state index contributed by atoms with van der Waals surface area (Å²) in [5.74, 6) is 1.22. The van der Waals surface area contributed by atoms with E-state index in [-0.39, 0.29) is 6.10 Å². The Bertz CT molecular complexity index is 508. The van der Waals surface area contributed by atoms with E-state index in [1.807, 2.05) is 0 Å². The molecule has 0 bridgehead atoms. The Balaban J connectivity index is 1.70. The second-order valence-corrected chi connectivity index (χ2v) is 7.03. The lowest BCUT2D eigenvalue weighted by atomic mass is 9.89. The van der Waals surface area contributed by atoms with E-state index in [1.165, 1.54) is 37.9 Å². The molecule has 3 rings (SSSR count). The van der Waals surface area contributed by atoms with Gasteiger partial charge in [-0.3, -0.25) is 0 Å². The van der Waals surface area contributed by atoms with Crippen LogP contribution >= 0.6 is 0 Å². The Morgan fingerprint density at radius 1 is 1.18 bits per heavy atom. The Morgan fingerprint density at radius 2 is 1.95 bits per heavy atom. The lowest BCUT2D eigenvalue weighted by molar-refractivity contribution is 0.0876. The molecule has 0 spiro atoms.